The van der Waals surface area contributed by atoms with Crippen LogP contribution in [0.1, 0.15) is 46.3 Å². The number of amides is 2. The fraction of sp³-hybridized carbons (Fsp3) is 0.367. The molecule has 1 heterocycles. The van der Waals surface area contributed by atoms with E-state index in [1.807, 2.05) is 30.0 Å². The normalized spacial score (nSPS) is 14.6. The van der Waals surface area contributed by atoms with Crippen molar-refractivity contribution in [2.24, 2.45) is 0 Å². The highest BCUT2D eigenvalue weighted by Crippen LogP contribution is 2.42. The number of carbonyl (C=O) groups is 1. The number of hydrogen-bond acceptors (Lipinski definition) is 5. The molecule has 1 aliphatic heterocycles. The second kappa shape index (κ2) is 11.5. The van der Waals surface area contributed by atoms with Gasteiger partial charge in [0.2, 0.25) is 0 Å². The summed E-state index contributed by atoms with van der Waals surface area (Å²) in [5.74, 6) is 1.84. The van der Waals surface area contributed by atoms with E-state index in [1.54, 1.807) is 19.2 Å². The molecule has 1 atom stereocenters. The van der Waals surface area contributed by atoms with E-state index in [1.165, 1.54) is 12.7 Å². The van der Waals surface area contributed by atoms with E-state index in [0.717, 1.165) is 34.2 Å². The highest BCUT2D eigenvalue weighted by molar-refractivity contribution is 5.76. The largest absolute Gasteiger partial charge is 0.504 e. The quantitative estimate of drug-likeness (QED) is 0.434. The Morgan fingerprint density at radius 3 is 2.46 bits per heavy atom. The molecule has 3 aromatic carbocycles. The van der Waals surface area contributed by atoms with E-state index in [4.69, 9.17) is 14.2 Å². The van der Waals surface area contributed by atoms with Crippen molar-refractivity contribution in [1.29, 1.82) is 0 Å². The van der Waals surface area contributed by atoms with Crippen molar-refractivity contribution >= 4 is 6.03 Å². The van der Waals surface area contributed by atoms with Gasteiger partial charge >= 0.3 is 6.03 Å². The number of ether oxygens (including phenoxy) is 3. The first-order chi connectivity index (χ1) is 17.9. The molecule has 196 valence electrons. The monoisotopic (exact) mass is 504 g/mol. The zero-order valence-electron chi connectivity index (χ0n) is 22.3. The number of nitrogens with zero attached hydrogens (tertiary/aromatic N) is 1. The van der Waals surface area contributed by atoms with Crippen molar-refractivity contribution in [3.05, 3.63) is 81.9 Å². The predicted molar refractivity (Wildman–Crippen MR) is 144 cm³/mol. The predicted octanol–water partition coefficient (Wildman–Crippen LogP) is 5.32. The highest BCUT2D eigenvalue weighted by atomic mass is 16.5. The molecule has 2 N–H and O–H groups in total. The van der Waals surface area contributed by atoms with Crippen molar-refractivity contribution in [3.63, 3.8) is 0 Å². The minimum Gasteiger partial charge on any atom is -0.504 e. The summed E-state index contributed by atoms with van der Waals surface area (Å²) >= 11 is 0. The van der Waals surface area contributed by atoms with Crippen LogP contribution in [0.5, 0.6) is 23.0 Å². The zero-order valence-corrected chi connectivity index (χ0v) is 22.3. The number of hydrogen-bond donors (Lipinski definition) is 2. The molecule has 0 spiro atoms. The third-order valence-corrected chi connectivity index (χ3v) is 6.85. The topological polar surface area (TPSA) is 80.3 Å². The van der Waals surface area contributed by atoms with E-state index < -0.39 is 0 Å². The zero-order chi connectivity index (χ0) is 26.5. The minimum atomic E-state index is -0.234. The third kappa shape index (κ3) is 5.61. The van der Waals surface area contributed by atoms with Crippen molar-refractivity contribution in [2.45, 2.75) is 39.7 Å². The first kappa shape index (κ1) is 26.2. The Kier molecular flexibility index (Phi) is 8.11. The molecule has 0 aromatic heterocycles. The van der Waals surface area contributed by atoms with Gasteiger partial charge in [-0.1, -0.05) is 29.8 Å². The van der Waals surface area contributed by atoms with Gasteiger partial charge < -0.3 is 29.5 Å². The highest BCUT2D eigenvalue weighted by Gasteiger charge is 2.34. The third-order valence-electron chi connectivity index (χ3n) is 6.85. The number of phenolic OH excluding ortho intramolecular Hbond substituents is 1. The van der Waals surface area contributed by atoms with Crippen LogP contribution in [-0.4, -0.2) is 50.0 Å². The number of benzene rings is 3. The number of rotatable bonds is 8. The number of carbonyl (C=O) groups excluding carboxylic acids is 1. The second-order valence-corrected chi connectivity index (χ2v) is 9.35. The Labute approximate surface area is 219 Å². The molecular formula is C30H36N2O5. The molecule has 0 radical (unpaired) electrons. The Bertz CT molecular complexity index is 1270. The number of methoxy groups -OCH3 is 2. The molecule has 7 nitrogen and oxygen atoms in total. The SMILES string of the molecule is CCNC(=O)N1CCc2cc(OC)c(OCCc3ccc(OC)c(O)c3)cc2C1c1ccc(C)cc1C. The van der Waals surface area contributed by atoms with Gasteiger partial charge in [-0.2, -0.15) is 0 Å². The maximum atomic E-state index is 13.1. The Morgan fingerprint density at radius 1 is 1.00 bits per heavy atom. The van der Waals surface area contributed by atoms with Gasteiger partial charge in [0, 0.05) is 19.5 Å². The smallest absolute Gasteiger partial charge is 0.318 e. The van der Waals surface area contributed by atoms with E-state index in [0.29, 0.717) is 43.4 Å². The van der Waals surface area contributed by atoms with Crippen molar-refractivity contribution in [3.8, 4) is 23.0 Å². The summed E-state index contributed by atoms with van der Waals surface area (Å²) in [6.45, 7) is 7.68. The van der Waals surface area contributed by atoms with Gasteiger partial charge in [0.25, 0.3) is 0 Å². The number of nitrogens with one attached hydrogen (secondary N) is 1. The standard InChI is InChI=1S/C30H36N2O5/c1-6-31-30(34)32-13-11-22-17-27(36-5)28(37-14-12-21-8-10-26(35-4)25(33)16-21)18-24(22)29(32)23-9-7-19(2)15-20(23)3/h7-10,15-18,29,33H,6,11-14H2,1-5H3,(H,31,34). The maximum absolute atomic E-state index is 13.1. The summed E-state index contributed by atoms with van der Waals surface area (Å²) in [4.78, 5) is 15.0. The lowest BCUT2D eigenvalue weighted by atomic mass is 9.85. The van der Waals surface area contributed by atoms with Gasteiger partial charge in [-0.15, -0.1) is 0 Å². The van der Waals surface area contributed by atoms with Gasteiger partial charge in [-0.25, -0.2) is 4.79 Å². The van der Waals surface area contributed by atoms with Crippen LogP contribution < -0.4 is 19.5 Å². The fourth-order valence-electron chi connectivity index (χ4n) is 5.01. The van der Waals surface area contributed by atoms with Crippen LogP contribution in [0, 0.1) is 13.8 Å². The summed E-state index contributed by atoms with van der Waals surface area (Å²) in [5, 5.41) is 13.1. The van der Waals surface area contributed by atoms with E-state index in [2.05, 4.69) is 37.4 Å². The van der Waals surface area contributed by atoms with E-state index in [9.17, 15) is 9.90 Å². The van der Waals surface area contributed by atoms with E-state index in [-0.39, 0.29) is 17.8 Å². The van der Waals surface area contributed by atoms with Crippen molar-refractivity contribution in [1.82, 2.24) is 10.2 Å². The number of urea groups is 1. The molecular weight excluding hydrogens is 468 g/mol. The summed E-state index contributed by atoms with van der Waals surface area (Å²) in [7, 11) is 3.17. The summed E-state index contributed by atoms with van der Waals surface area (Å²) in [6, 6.07) is 15.5. The summed E-state index contributed by atoms with van der Waals surface area (Å²) in [5.41, 5.74) is 6.56. The molecule has 7 heteroatoms. The first-order valence-electron chi connectivity index (χ1n) is 12.7. The number of fused-ring (bicyclic) bond motifs is 1. The van der Waals surface area contributed by atoms with Gasteiger partial charge in [0.1, 0.15) is 0 Å². The van der Waals surface area contributed by atoms with Gasteiger partial charge in [0.05, 0.1) is 26.9 Å². The van der Waals surface area contributed by atoms with Crippen LogP contribution in [0.4, 0.5) is 4.79 Å². The lowest BCUT2D eigenvalue weighted by Gasteiger charge is -2.38. The average molecular weight is 505 g/mol. The van der Waals surface area contributed by atoms with Crippen LogP contribution in [0.3, 0.4) is 0 Å². The first-order valence-corrected chi connectivity index (χ1v) is 12.7. The molecule has 0 bridgehead atoms. The molecule has 2 amide bonds. The molecule has 0 saturated carbocycles. The second-order valence-electron chi connectivity index (χ2n) is 9.35. The van der Waals surface area contributed by atoms with Crippen LogP contribution >= 0.6 is 0 Å². The van der Waals surface area contributed by atoms with E-state index >= 15 is 0 Å². The van der Waals surface area contributed by atoms with Gasteiger partial charge in [0.15, 0.2) is 23.0 Å². The molecule has 0 aliphatic carbocycles. The molecule has 37 heavy (non-hydrogen) atoms. The number of phenols is 1. The number of aryl methyl sites for hydroxylation is 2. The van der Waals surface area contributed by atoms with Crippen molar-refractivity contribution in [2.75, 3.05) is 33.9 Å². The molecule has 1 aliphatic rings. The maximum Gasteiger partial charge on any atom is 0.318 e. The molecule has 0 saturated heterocycles. The van der Waals surface area contributed by atoms with Gasteiger partial charge in [-0.3, -0.25) is 0 Å². The summed E-state index contributed by atoms with van der Waals surface area (Å²) in [6.07, 6.45) is 1.33. The van der Waals surface area contributed by atoms with Crippen molar-refractivity contribution < 1.29 is 24.1 Å². The molecule has 4 rings (SSSR count). The fourth-order valence-corrected chi connectivity index (χ4v) is 5.01. The lowest BCUT2D eigenvalue weighted by Crippen LogP contribution is -2.46. The van der Waals surface area contributed by atoms with Crippen LogP contribution in [0.2, 0.25) is 0 Å². The minimum absolute atomic E-state index is 0.0734. The lowest BCUT2D eigenvalue weighted by molar-refractivity contribution is 0.180. The Hall–Kier alpha value is -3.87. The molecule has 0 fully saturated rings. The van der Waals surface area contributed by atoms with Crippen LogP contribution in [0.25, 0.3) is 0 Å². The van der Waals surface area contributed by atoms with Crippen LogP contribution in [-0.2, 0) is 12.8 Å². The summed E-state index contributed by atoms with van der Waals surface area (Å²) < 4.78 is 17.0. The molecule has 1 unspecified atom stereocenters. The van der Waals surface area contributed by atoms with Gasteiger partial charge in [-0.05, 0) is 79.3 Å². The Morgan fingerprint density at radius 2 is 1.78 bits per heavy atom. The van der Waals surface area contributed by atoms with Crippen LogP contribution in [0.15, 0.2) is 48.5 Å². The number of aromatic hydroxyl groups is 1. The molecule has 3 aromatic rings. The average Bonchev–Trinajstić information content (AvgIpc) is 2.88. The Balaban J connectivity index is 1.67.